The fourth-order valence-electron chi connectivity index (χ4n) is 3.33. The molecule has 1 aromatic carbocycles. The minimum Gasteiger partial charge on any atom is -0.445 e. The molecule has 0 aliphatic carbocycles. The maximum Gasteiger partial charge on any atom is 0.317 e. The third kappa shape index (κ3) is 4.52. The van der Waals surface area contributed by atoms with Crippen LogP contribution in [0.1, 0.15) is 52.0 Å². The van der Waals surface area contributed by atoms with Crippen LogP contribution in [0.2, 0.25) is 0 Å². The average molecular weight is 384 g/mol. The molecule has 2 heterocycles. The summed E-state index contributed by atoms with van der Waals surface area (Å²) in [5.74, 6) is 1.12. The number of likely N-dealkylation sites (tertiary alicyclic amines) is 1. The second-order valence-electron chi connectivity index (χ2n) is 7.56. The summed E-state index contributed by atoms with van der Waals surface area (Å²) in [6.45, 7) is 5.61. The van der Waals surface area contributed by atoms with Gasteiger partial charge in [-0.15, -0.1) is 0 Å². The Kier molecular flexibility index (Phi) is 6.02. The molecule has 1 aromatic heterocycles. The maximum absolute atomic E-state index is 12.4. The molecular formula is C21H28N4O3. The Hall–Kier alpha value is -2.83. The lowest BCUT2D eigenvalue weighted by Crippen LogP contribution is -2.43. The summed E-state index contributed by atoms with van der Waals surface area (Å²) in [4.78, 5) is 32.3. The van der Waals surface area contributed by atoms with Crippen molar-refractivity contribution in [1.82, 2.24) is 20.1 Å². The molecule has 3 amide bonds. The van der Waals surface area contributed by atoms with Gasteiger partial charge in [-0.3, -0.25) is 4.79 Å². The summed E-state index contributed by atoms with van der Waals surface area (Å²) in [6, 6.07) is 8.09. The molecule has 150 valence electrons. The molecule has 7 heteroatoms. The number of oxazole rings is 1. The van der Waals surface area contributed by atoms with Crippen molar-refractivity contribution in [2.24, 2.45) is 0 Å². The van der Waals surface area contributed by atoms with E-state index in [0.717, 1.165) is 18.4 Å². The van der Waals surface area contributed by atoms with E-state index in [1.165, 1.54) is 10.5 Å². The highest BCUT2D eigenvalue weighted by Crippen LogP contribution is 2.29. The van der Waals surface area contributed by atoms with Crippen molar-refractivity contribution in [3.8, 4) is 0 Å². The van der Waals surface area contributed by atoms with Gasteiger partial charge in [0.15, 0.2) is 11.6 Å². The largest absolute Gasteiger partial charge is 0.445 e. The Morgan fingerprint density at radius 3 is 2.43 bits per heavy atom. The van der Waals surface area contributed by atoms with Gasteiger partial charge >= 0.3 is 6.03 Å². The lowest BCUT2D eigenvalue weighted by molar-refractivity contribution is 0.0821. The number of amides is 3. The highest BCUT2D eigenvalue weighted by Gasteiger charge is 2.29. The maximum atomic E-state index is 12.4. The number of carbonyl (C=O) groups is 2. The number of rotatable bonds is 4. The zero-order valence-corrected chi connectivity index (χ0v) is 17.0. The number of hydrogen-bond donors (Lipinski definition) is 1. The number of aromatic nitrogens is 1. The first-order valence-electron chi connectivity index (χ1n) is 9.62. The zero-order valence-electron chi connectivity index (χ0n) is 17.0. The lowest BCUT2D eigenvalue weighted by atomic mass is 9.97. The molecule has 0 unspecified atom stereocenters. The SMILES string of the molecule is Cc1ccc(CNC(=O)N2CCC(c3nc(C(=O)N(C)C)c(C)o3)CC2)cc1. The molecule has 3 rings (SSSR count). The highest BCUT2D eigenvalue weighted by molar-refractivity contribution is 5.92. The van der Waals surface area contributed by atoms with Gasteiger partial charge in [0, 0.05) is 39.6 Å². The minimum atomic E-state index is -0.152. The van der Waals surface area contributed by atoms with Crippen LogP contribution in [-0.2, 0) is 6.54 Å². The topological polar surface area (TPSA) is 78.7 Å². The smallest absolute Gasteiger partial charge is 0.317 e. The van der Waals surface area contributed by atoms with Crippen LogP contribution in [0.3, 0.4) is 0 Å². The molecule has 1 fully saturated rings. The van der Waals surface area contributed by atoms with E-state index in [9.17, 15) is 9.59 Å². The van der Waals surface area contributed by atoms with E-state index >= 15 is 0 Å². The summed E-state index contributed by atoms with van der Waals surface area (Å²) in [5.41, 5.74) is 2.66. The Labute approximate surface area is 165 Å². The number of benzene rings is 1. The normalized spacial score (nSPS) is 14.8. The van der Waals surface area contributed by atoms with Crippen LogP contribution >= 0.6 is 0 Å². The summed E-state index contributed by atoms with van der Waals surface area (Å²) in [7, 11) is 3.40. The molecule has 7 nitrogen and oxygen atoms in total. The molecule has 0 spiro atoms. The van der Waals surface area contributed by atoms with Gasteiger partial charge in [-0.05, 0) is 32.3 Å². The van der Waals surface area contributed by atoms with Crippen LogP contribution in [0.15, 0.2) is 28.7 Å². The van der Waals surface area contributed by atoms with Crippen LogP contribution in [0.4, 0.5) is 4.79 Å². The Morgan fingerprint density at radius 2 is 1.82 bits per heavy atom. The van der Waals surface area contributed by atoms with Crippen LogP contribution in [0.5, 0.6) is 0 Å². The van der Waals surface area contributed by atoms with Crippen LogP contribution < -0.4 is 5.32 Å². The molecule has 0 saturated carbocycles. The van der Waals surface area contributed by atoms with E-state index in [0.29, 0.717) is 37.0 Å². The van der Waals surface area contributed by atoms with Gasteiger partial charge in [-0.2, -0.15) is 0 Å². The van der Waals surface area contributed by atoms with E-state index in [4.69, 9.17) is 4.42 Å². The van der Waals surface area contributed by atoms with Gasteiger partial charge in [0.25, 0.3) is 5.91 Å². The van der Waals surface area contributed by atoms with Gasteiger partial charge in [0.1, 0.15) is 5.76 Å². The first kappa shape index (κ1) is 19.9. The van der Waals surface area contributed by atoms with E-state index in [1.54, 1.807) is 21.0 Å². The average Bonchev–Trinajstić information content (AvgIpc) is 3.08. The lowest BCUT2D eigenvalue weighted by Gasteiger charge is -2.30. The van der Waals surface area contributed by atoms with Gasteiger partial charge in [0.2, 0.25) is 0 Å². The van der Waals surface area contributed by atoms with Crippen molar-refractivity contribution in [3.63, 3.8) is 0 Å². The molecular weight excluding hydrogens is 356 g/mol. The second-order valence-corrected chi connectivity index (χ2v) is 7.56. The summed E-state index contributed by atoms with van der Waals surface area (Å²) in [5, 5.41) is 2.98. The van der Waals surface area contributed by atoms with Crippen LogP contribution in [-0.4, -0.2) is 53.9 Å². The van der Waals surface area contributed by atoms with Gasteiger partial charge in [-0.1, -0.05) is 29.8 Å². The second kappa shape index (κ2) is 8.46. The summed E-state index contributed by atoms with van der Waals surface area (Å²) >= 11 is 0. The van der Waals surface area contributed by atoms with Gasteiger partial charge < -0.3 is 19.5 Å². The molecule has 1 N–H and O–H groups in total. The number of nitrogens with one attached hydrogen (secondary N) is 1. The molecule has 1 saturated heterocycles. The fraction of sp³-hybridized carbons (Fsp3) is 0.476. The monoisotopic (exact) mass is 384 g/mol. The molecule has 1 aliphatic heterocycles. The fourth-order valence-corrected chi connectivity index (χ4v) is 3.33. The molecule has 0 radical (unpaired) electrons. The molecule has 28 heavy (non-hydrogen) atoms. The standard InChI is InChI=1S/C21H28N4O3/c1-14-5-7-16(8-6-14)13-22-21(27)25-11-9-17(10-12-25)19-23-18(15(2)28-19)20(26)24(3)4/h5-8,17H,9-13H2,1-4H3,(H,22,27). The van der Waals surface area contributed by atoms with Crippen molar-refractivity contribution in [1.29, 1.82) is 0 Å². The number of carbonyl (C=O) groups excluding carboxylic acids is 2. The highest BCUT2D eigenvalue weighted by atomic mass is 16.4. The van der Waals surface area contributed by atoms with E-state index in [1.807, 2.05) is 36.1 Å². The quantitative estimate of drug-likeness (QED) is 0.879. The predicted octanol–water partition coefficient (Wildman–Crippen LogP) is 3.08. The predicted molar refractivity (Wildman–Crippen MR) is 106 cm³/mol. The molecule has 1 aliphatic rings. The van der Waals surface area contributed by atoms with E-state index < -0.39 is 0 Å². The van der Waals surface area contributed by atoms with Crippen molar-refractivity contribution >= 4 is 11.9 Å². The number of nitrogens with zero attached hydrogens (tertiary/aromatic N) is 3. The Morgan fingerprint density at radius 1 is 1.18 bits per heavy atom. The van der Waals surface area contributed by atoms with Crippen LogP contribution in [0, 0.1) is 13.8 Å². The van der Waals surface area contributed by atoms with Crippen LogP contribution in [0.25, 0.3) is 0 Å². The third-order valence-electron chi connectivity index (χ3n) is 5.12. The number of aryl methyl sites for hydroxylation is 2. The van der Waals surface area contributed by atoms with Crippen molar-refractivity contribution in [2.45, 2.75) is 39.2 Å². The van der Waals surface area contributed by atoms with E-state index in [2.05, 4.69) is 10.3 Å². The van der Waals surface area contributed by atoms with Gasteiger partial charge in [0.05, 0.1) is 0 Å². The summed E-state index contributed by atoms with van der Waals surface area (Å²) < 4.78 is 5.76. The van der Waals surface area contributed by atoms with Crippen molar-refractivity contribution in [3.05, 3.63) is 52.7 Å². The summed E-state index contributed by atoms with van der Waals surface area (Å²) in [6.07, 6.45) is 1.54. The molecule has 0 atom stereocenters. The third-order valence-corrected chi connectivity index (χ3v) is 5.12. The Bertz CT molecular complexity index is 834. The Balaban J connectivity index is 1.52. The number of hydrogen-bond acceptors (Lipinski definition) is 4. The minimum absolute atomic E-state index is 0.0499. The molecule has 2 aromatic rings. The molecule has 0 bridgehead atoms. The van der Waals surface area contributed by atoms with Crippen molar-refractivity contribution < 1.29 is 14.0 Å². The zero-order chi connectivity index (χ0) is 20.3. The number of urea groups is 1. The number of piperidine rings is 1. The van der Waals surface area contributed by atoms with Crippen molar-refractivity contribution in [2.75, 3.05) is 27.2 Å². The first-order chi connectivity index (χ1) is 13.3. The van der Waals surface area contributed by atoms with Gasteiger partial charge in [-0.25, -0.2) is 9.78 Å². The van der Waals surface area contributed by atoms with E-state index in [-0.39, 0.29) is 17.9 Å². The first-order valence-corrected chi connectivity index (χ1v) is 9.62.